The number of carbonyl (C=O) groups excluding carboxylic acids is 1. The molecule has 2 aromatic rings. The van der Waals surface area contributed by atoms with Gasteiger partial charge in [0.1, 0.15) is 23.2 Å². The van der Waals surface area contributed by atoms with Gasteiger partial charge in [0.15, 0.2) is 11.5 Å². The zero-order chi connectivity index (χ0) is 23.4. The third kappa shape index (κ3) is 4.81. The molecule has 1 aromatic heterocycles. The number of aromatic nitrogens is 2. The monoisotopic (exact) mass is 439 g/mol. The summed E-state index contributed by atoms with van der Waals surface area (Å²) in [5, 5.41) is 26.6. The van der Waals surface area contributed by atoms with Crippen molar-refractivity contribution in [3.05, 3.63) is 59.4 Å². The second kappa shape index (κ2) is 9.39. The normalized spacial score (nSPS) is 13.5. The smallest absolute Gasteiger partial charge is 0.326 e. The standard InChI is InChI=1S/C23H22FN3O5/c1-13(2)11-17(23(30)31)25-22(29)16-12-18(21-19(28)5-4-6-20(21)32-3)27(26-16)15-9-7-14(24)8-10-15/h4-7,9,12-13,17,28H,11H2,1-3H3,(H,25,29)(H,30,31)/t17-/m0/s1. The third-order valence-corrected chi connectivity index (χ3v) is 4.66. The molecular weight excluding hydrogens is 417 g/mol. The van der Waals surface area contributed by atoms with Gasteiger partial charge in [-0.15, -0.1) is 0 Å². The number of hydrogen-bond acceptors (Lipinski definition) is 5. The summed E-state index contributed by atoms with van der Waals surface area (Å²) in [5.41, 5.74) is 5.57. The number of benzene rings is 1. The minimum absolute atomic E-state index is 0.0411. The van der Waals surface area contributed by atoms with Crippen LogP contribution >= 0.6 is 0 Å². The van der Waals surface area contributed by atoms with Gasteiger partial charge < -0.3 is 20.3 Å². The van der Waals surface area contributed by atoms with Crippen LogP contribution in [0.1, 0.15) is 30.8 Å². The molecule has 1 aromatic carbocycles. The number of phenolic OH excluding ortho intramolecular Hbond substituents is 1. The number of halogens is 1. The van der Waals surface area contributed by atoms with Crippen LogP contribution in [0, 0.1) is 5.92 Å². The number of aromatic hydroxyl groups is 1. The number of amides is 1. The molecule has 0 fully saturated rings. The molecule has 0 saturated heterocycles. The summed E-state index contributed by atoms with van der Waals surface area (Å²) in [6, 6.07) is 4.95. The largest absolute Gasteiger partial charge is 0.507 e. The van der Waals surface area contributed by atoms with Crippen molar-refractivity contribution in [2.24, 2.45) is 5.92 Å². The van der Waals surface area contributed by atoms with Crippen molar-refractivity contribution in [3.8, 4) is 22.8 Å². The summed E-state index contributed by atoms with van der Waals surface area (Å²) in [6.45, 7) is 3.69. The highest BCUT2D eigenvalue weighted by Gasteiger charge is 2.26. The highest BCUT2D eigenvalue weighted by molar-refractivity contribution is 5.96. The van der Waals surface area contributed by atoms with Crippen LogP contribution in [0.3, 0.4) is 0 Å². The molecule has 32 heavy (non-hydrogen) atoms. The number of rotatable bonds is 8. The Morgan fingerprint density at radius 3 is 2.62 bits per heavy atom. The van der Waals surface area contributed by atoms with E-state index in [0.29, 0.717) is 5.75 Å². The summed E-state index contributed by atoms with van der Waals surface area (Å²) in [4.78, 5) is 24.4. The van der Waals surface area contributed by atoms with Crippen LogP contribution in [0.4, 0.5) is 4.39 Å². The van der Waals surface area contributed by atoms with E-state index in [1.807, 2.05) is 13.8 Å². The topological polar surface area (TPSA) is 114 Å². The Hall–Kier alpha value is -4.06. The first-order valence-corrected chi connectivity index (χ1v) is 9.81. The van der Waals surface area contributed by atoms with Crippen LogP contribution in [-0.4, -0.2) is 45.0 Å². The Bertz CT molecular complexity index is 1200. The minimum atomic E-state index is -1.16. The Labute approximate surface area is 183 Å². The molecule has 0 aliphatic heterocycles. The first kappa shape index (κ1) is 22.6. The van der Waals surface area contributed by atoms with Gasteiger partial charge in [-0.25, -0.2) is 9.48 Å². The van der Waals surface area contributed by atoms with Crippen molar-refractivity contribution in [1.29, 1.82) is 0 Å². The van der Waals surface area contributed by atoms with E-state index >= 15 is 0 Å². The molecule has 0 radical (unpaired) electrons. The average molecular weight is 439 g/mol. The number of nitrogens with one attached hydrogen (secondary N) is 1. The first-order valence-electron chi connectivity index (χ1n) is 9.81. The minimum Gasteiger partial charge on any atom is -0.507 e. The van der Waals surface area contributed by atoms with E-state index in [0.717, 1.165) is 6.08 Å². The van der Waals surface area contributed by atoms with Crippen LogP contribution in [0.5, 0.6) is 11.5 Å². The van der Waals surface area contributed by atoms with E-state index in [-0.39, 0.29) is 40.7 Å². The van der Waals surface area contributed by atoms with E-state index in [1.54, 1.807) is 12.1 Å². The lowest BCUT2D eigenvalue weighted by Crippen LogP contribution is -2.41. The number of allylic oxidation sites excluding steroid dienone is 4. The second-order valence-electron chi connectivity index (χ2n) is 7.49. The Morgan fingerprint density at radius 1 is 1.28 bits per heavy atom. The molecule has 1 atom stereocenters. The van der Waals surface area contributed by atoms with Gasteiger partial charge in [-0.05, 0) is 54.2 Å². The fraction of sp³-hybridized carbons (Fsp3) is 0.261. The van der Waals surface area contributed by atoms with Crippen molar-refractivity contribution in [2.75, 3.05) is 7.11 Å². The summed E-state index contributed by atoms with van der Waals surface area (Å²) < 4.78 is 20.0. The fourth-order valence-corrected chi connectivity index (χ4v) is 3.21. The van der Waals surface area contributed by atoms with Crippen LogP contribution in [0.2, 0.25) is 0 Å². The lowest BCUT2D eigenvalue weighted by molar-refractivity contribution is -0.139. The maximum atomic E-state index is 13.4. The van der Waals surface area contributed by atoms with Crippen LogP contribution < -0.4 is 10.1 Å². The number of carbonyl (C=O) groups is 2. The lowest BCUT2D eigenvalue weighted by Gasteiger charge is -2.15. The molecule has 1 amide bonds. The number of methoxy groups -OCH3 is 1. The number of hydrogen-bond donors (Lipinski definition) is 3. The molecule has 1 aliphatic rings. The summed E-state index contributed by atoms with van der Waals surface area (Å²) in [5.74, 6) is -2.27. The number of ether oxygens (including phenoxy) is 1. The van der Waals surface area contributed by atoms with E-state index in [4.69, 9.17) is 4.74 Å². The molecule has 3 rings (SSSR count). The van der Waals surface area contributed by atoms with Crippen LogP contribution in [0.25, 0.3) is 17.0 Å². The zero-order valence-electron chi connectivity index (χ0n) is 17.7. The van der Waals surface area contributed by atoms with E-state index < -0.39 is 23.7 Å². The third-order valence-electron chi connectivity index (χ3n) is 4.66. The van der Waals surface area contributed by atoms with Gasteiger partial charge >= 0.3 is 5.97 Å². The highest BCUT2D eigenvalue weighted by atomic mass is 19.1. The van der Waals surface area contributed by atoms with Gasteiger partial charge in [0.2, 0.25) is 0 Å². The summed E-state index contributed by atoms with van der Waals surface area (Å²) in [6.07, 6.45) is 2.78. The Kier molecular flexibility index (Phi) is 6.64. The maximum Gasteiger partial charge on any atom is 0.326 e. The van der Waals surface area contributed by atoms with Crippen molar-refractivity contribution in [2.45, 2.75) is 26.3 Å². The number of nitrogens with zero attached hydrogens (tertiary/aromatic N) is 2. The molecule has 0 unspecified atom stereocenters. The molecule has 166 valence electrons. The quantitative estimate of drug-likeness (QED) is 0.543. The second-order valence-corrected chi connectivity index (χ2v) is 7.49. The predicted octanol–water partition coefficient (Wildman–Crippen LogP) is 3.51. The van der Waals surface area contributed by atoms with Crippen molar-refractivity contribution < 1.29 is 28.9 Å². The van der Waals surface area contributed by atoms with Crippen LogP contribution in [0.15, 0.2) is 53.7 Å². The fourth-order valence-electron chi connectivity index (χ4n) is 3.21. The summed E-state index contributed by atoms with van der Waals surface area (Å²) >= 11 is 0. The van der Waals surface area contributed by atoms with Crippen molar-refractivity contribution in [3.63, 3.8) is 0 Å². The molecule has 0 saturated carbocycles. The van der Waals surface area contributed by atoms with E-state index in [2.05, 4.69) is 21.9 Å². The van der Waals surface area contributed by atoms with Gasteiger partial charge in [0.05, 0.1) is 18.4 Å². The molecule has 8 nitrogen and oxygen atoms in total. The van der Waals surface area contributed by atoms with Gasteiger partial charge in [-0.1, -0.05) is 19.9 Å². The molecule has 0 spiro atoms. The van der Waals surface area contributed by atoms with Gasteiger partial charge in [-0.2, -0.15) is 9.49 Å². The van der Waals surface area contributed by atoms with E-state index in [1.165, 1.54) is 30.0 Å². The lowest BCUT2D eigenvalue weighted by atomic mass is 10.0. The van der Waals surface area contributed by atoms with Gasteiger partial charge in [-0.3, -0.25) is 4.79 Å². The van der Waals surface area contributed by atoms with Crippen molar-refractivity contribution >= 4 is 17.6 Å². The molecule has 1 heterocycles. The van der Waals surface area contributed by atoms with Gasteiger partial charge in [0.25, 0.3) is 5.91 Å². The Balaban J connectivity index is 2.13. The average Bonchev–Trinajstić information content (AvgIpc) is 3.18. The first-order chi connectivity index (χ1) is 15.2. The molecule has 3 N–H and O–H groups in total. The highest BCUT2D eigenvalue weighted by Crippen LogP contribution is 2.39. The zero-order valence-corrected chi connectivity index (χ0v) is 17.7. The molecular formula is C23H22FN3O5. The molecule has 1 aliphatic carbocycles. The number of carboxylic acid groups (broad SMARTS) is 1. The van der Waals surface area contributed by atoms with Crippen LogP contribution in [-0.2, 0) is 4.79 Å². The van der Waals surface area contributed by atoms with Crippen molar-refractivity contribution in [1.82, 2.24) is 15.1 Å². The number of carboxylic acids is 1. The maximum absolute atomic E-state index is 13.4. The van der Waals surface area contributed by atoms with Gasteiger partial charge in [0, 0.05) is 0 Å². The molecule has 9 heteroatoms. The number of phenols is 1. The SMILES string of the molecule is COc1cccc(O)c1-c1cc(C(=O)N[C@@H](CC(C)C)C(=O)O)nn1C1=C=C=C(F)C=C1. The summed E-state index contributed by atoms with van der Waals surface area (Å²) in [7, 11) is 1.42. The number of aliphatic carboxylic acids is 1. The Morgan fingerprint density at radius 2 is 2.03 bits per heavy atom. The predicted molar refractivity (Wildman–Crippen MR) is 115 cm³/mol. The van der Waals surface area contributed by atoms with E-state index in [9.17, 15) is 24.2 Å². The molecule has 0 bridgehead atoms.